The fourth-order valence-corrected chi connectivity index (χ4v) is 19.3. The van der Waals surface area contributed by atoms with E-state index >= 15 is 0 Å². The van der Waals surface area contributed by atoms with Gasteiger partial charge in [0.2, 0.25) is 5.89 Å². The third-order valence-corrected chi connectivity index (χ3v) is 26.2. The molecule has 3 fully saturated rings. The Morgan fingerprint density at radius 2 is 0.900 bits per heavy atom. The zero-order valence-electron chi connectivity index (χ0n) is 72.8. The molecular weight excluding hydrogens is 1750 g/mol. The number of nitrogens with zero attached hydrogens (tertiary/aromatic N) is 9. The first-order valence-corrected chi connectivity index (χ1v) is 46.5. The molecule has 0 bridgehead atoms. The Labute approximate surface area is 767 Å². The van der Waals surface area contributed by atoms with Crippen molar-refractivity contribution >= 4 is 161 Å². The van der Waals surface area contributed by atoms with Crippen LogP contribution in [0.15, 0.2) is 244 Å². The molecule has 0 amide bonds. The van der Waals surface area contributed by atoms with Gasteiger partial charge in [-0.05, 0) is 186 Å². The molecule has 5 N–H and O–H groups in total. The number of aromatic nitrogens is 6. The predicted molar refractivity (Wildman–Crippen MR) is 523 cm³/mol. The Morgan fingerprint density at radius 1 is 0.462 bits per heavy atom. The molecule has 2 atom stereocenters. The van der Waals surface area contributed by atoms with Gasteiger partial charge in [-0.15, -0.1) is 34.0 Å². The average Bonchev–Trinajstić information content (AvgIpc) is 1.61. The Kier molecular flexibility index (Phi) is 27.5. The van der Waals surface area contributed by atoms with E-state index in [1.165, 1.54) is 51.7 Å². The van der Waals surface area contributed by atoms with Crippen LogP contribution < -0.4 is 69.4 Å². The van der Waals surface area contributed by atoms with E-state index in [-0.39, 0.29) is 45.1 Å². The first kappa shape index (κ1) is 89.6. The number of hydrogen-bond donors (Lipinski definition) is 5. The van der Waals surface area contributed by atoms with E-state index in [0.29, 0.717) is 116 Å². The van der Waals surface area contributed by atoms with Crippen molar-refractivity contribution in [3.05, 3.63) is 278 Å². The van der Waals surface area contributed by atoms with Crippen molar-refractivity contribution in [3.8, 4) is 54.4 Å². The van der Waals surface area contributed by atoms with Gasteiger partial charge in [0, 0.05) is 176 Å². The monoisotopic (exact) mass is 1840 g/mol. The molecule has 3 saturated heterocycles. The average molecular weight is 1840 g/mol. The second-order valence-electron chi connectivity index (χ2n) is 33.1. The van der Waals surface area contributed by atoms with Gasteiger partial charge in [-0.3, -0.25) is 4.68 Å². The SMILES string of the molecule is CC(C)NCCCc1ccc2cc(-c3nc4c(Cl)cccc4s3)c(=O)oc2c1.CC(C)NCCc1ccc2cc(-c3nc4c(Cl)cccc4s3)c(=O)oc2c1.C[C@@H]1CN(c2ccc3cc(-c4nc5c(F)cccc5o4)c(=O)oc3c2)C[C@H](C)N1.Cc1csc(-c2cc3ccc(N4CCNCC4)cc3oc2=O)n1.Cn1ccc(-c2cc3ccc(N4CCNCC4)cc3oc2=O)n1. The molecule has 0 unspecified atom stereocenters. The summed E-state index contributed by atoms with van der Waals surface area (Å²) >= 11 is 16.8. The number of piperazine rings is 3. The number of anilines is 3. The normalized spacial score (nSPS) is 14.8. The zero-order chi connectivity index (χ0) is 90.4. The Hall–Kier alpha value is -12.4. The topological polar surface area (TPSA) is 303 Å². The van der Waals surface area contributed by atoms with Gasteiger partial charge in [0.1, 0.15) is 65.1 Å². The zero-order valence-corrected chi connectivity index (χ0v) is 76.7. The molecule has 0 saturated carbocycles. The van der Waals surface area contributed by atoms with Crippen molar-refractivity contribution in [2.75, 3.05) is 93.2 Å². The molecule has 31 heteroatoms. The lowest BCUT2D eigenvalue weighted by Crippen LogP contribution is -2.54. The Balaban J connectivity index is 0.000000114. The van der Waals surface area contributed by atoms with Crippen molar-refractivity contribution in [2.45, 2.75) is 91.9 Å². The van der Waals surface area contributed by atoms with E-state index < -0.39 is 11.4 Å². The largest absolute Gasteiger partial charge is 0.436 e. The van der Waals surface area contributed by atoms with Gasteiger partial charge in [-0.25, -0.2) is 48.3 Å². The minimum atomic E-state index is -0.566. The molecule has 3 aliphatic rings. The molecule has 0 aliphatic carbocycles. The third-order valence-electron chi connectivity index (χ3n) is 22.4. The van der Waals surface area contributed by atoms with E-state index in [1.54, 1.807) is 28.9 Å². The summed E-state index contributed by atoms with van der Waals surface area (Å²) in [6, 6.07) is 58.3. The summed E-state index contributed by atoms with van der Waals surface area (Å²) < 4.78 is 51.0. The molecular formula is C99H95Cl2FN14O11S3. The maximum atomic E-state index is 13.9. The standard InChI is InChI=1S/C22H21ClN2O2S.C22H20FN3O3.C21H19ClN2O2S.C17H18N4O2.C17H17N3O2S/c1-13(2)24-10-4-5-14-8-9-15-12-16(22(26)27-18(15)11-14)21-25-20-17(23)6-3-7-19(20)28-21;1-12-10-26(11-13(2)24-12)15-7-6-14-8-16(22(27)29-19(14)9-15)21-25-20-17(23)4-3-5-18(20)28-21;1-12(2)23-9-8-13-6-7-14-11-15(21(25)26-17(14)10-13)20-24-19-16(22)4-3-5-18(19)27-20;1-20-7-4-15(19-20)14-10-12-2-3-13(11-16(12)23-17(14)22)21-8-5-18-6-9-21;1-11-10-23-16(19-11)14-8-12-2-3-13(9-15(12)22-17(14)21)20-6-4-18-5-7-20/h3,6-9,11-13,24H,4-5,10H2,1-2H3;3-9,12-13,24H,10-11H2,1-2H3;3-7,10-12,23H,8-9H2,1-2H3;2-4,7,10-11,18H,5-6,8-9H2,1H3;2-3,8-10,18H,4-7H2,1H3/t;12-,13+;;;. The molecule has 130 heavy (non-hydrogen) atoms. The number of para-hydroxylation sites is 3. The molecule has 25 nitrogen and oxygen atoms in total. The van der Waals surface area contributed by atoms with Crippen LogP contribution in [0.25, 0.3) is 141 Å². The quantitative estimate of drug-likeness (QED) is 0.0418. The number of rotatable bonds is 17. The van der Waals surface area contributed by atoms with E-state index in [2.05, 4.69) is 132 Å². The van der Waals surface area contributed by atoms with Crippen molar-refractivity contribution in [3.63, 3.8) is 0 Å². The summed E-state index contributed by atoms with van der Waals surface area (Å²) in [6.07, 6.45) is 4.68. The second kappa shape index (κ2) is 39.9. The molecule has 21 rings (SSSR count). The summed E-state index contributed by atoms with van der Waals surface area (Å²) in [5.41, 5.74) is 12.0. The van der Waals surface area contributed by atoms with Crippen LogP contribution in [-0.4, -0.2) is 132 Å². The van der Waals surface area contributed by atoms with Gasteiger partial charge in [-0.1, -0.05) is 93.4 Å². The number of aryl methyl sites for hydroxylation is 3. The van der Waals surface area contributed by atoms with Gasteiger partial charge < -0.3 is 67.8 Å². The smallest absolute Gasteiger partial charge is 0.349 e. The number of thiazole rings is 3. The second-order valence-corrected chi connectivity index (χ2v) is 36.8. The van der Waals surface area contributed by atoms with Crippen LogP contribution in [0.3, 0.4) is 0 Å². The highest BCUT2D eigenvalue weighted by atomic mass is 35.5. The van der Waals surface area contributed by atoms with Crippen LogP contribution in [0.1, 0.15) is 64.8 Å². The summed E-state index contributed by atoms with van der Waals surface area (Å²) in [6.45, 7) is 26.1. The van der Waals surface area contributed by atoms with E-state index in [1.807, 2.05) is 147 Å². The Morgan fingerprint density at radius 3 is 1.37 bits per heavy atom. The molecule has 8 aromatic carbocycles. The molecule has 0 spiro atoms. The fraction of sp³-hybridized carbons (Fsp3) is 0.273. The van der Waals surface area contributed by atoms with Crippen LogP contribution in [0.5, 0.6) is 0 Å². The van der Waals surface area contributed by atoms with E-state index in [4.69, 9.17) is 49.7 Å². The first-order valence-electron chi connectivity index (χ1n) is 43.3. The molecule has 0 radical (unpaired) electrons. The Bertz CT molecular complexity index is 7350. The minimum absolute atomic E-state index is 0.0505. The van der Waals surface area contributed by atoms with Crippen LogP contribution in [-0.2, 0) is 19.9 Å². The van der Waals surface area contributed by atoms with Crippen molar-refractivity contribution in [1.82, 2.24) is 56.3 Å². The van der Waals surface area contributed by atoms with E-state index in [0.717, 1.165) is 162 Å². The maximum Gasteiger partial charge on any atom is 0.349 e. The highest BCUT2D eigenvalue weighted by Crippen LogP contribution is 2.38. The summed E-state index contributed by atoms with van der Waals surface area (Å²) in [5.74, 6) is -0.443. The number of hydrogen-bond acceptors (Lipinski definition) is 27. The van der Waals surface area contributed by atoms with Crippen molar-refractivity contribution in [2.24, 2.45) is 7.05 Å². The summed E-state index contributed by atoms with van der Waals surface area (Å²) in [5, 5.41) is 30.7. The highest BCUT2D eigenvalue weighted by Gasteiger charge is 2.25. The van der Waals surface area contributed by atoms with Gasteiger partial charge in [0.15, 0.2) is 11.4 Å². The van der Waals surface area contributed by atoms with E-state index in [9.17, 15) is 28.4 Å². The van der Waals surface area contributed by atoms with Crippen molar-refractivity contribution in [1.29, 1.82) is 0 Å². The molecule has 3 aliphatic heterocycles. The van der Waals surface area contributed by atoms with Crippen LogP contribution in [0, 0.1) is 12.7 Å². The number of nitrogens with one attached hydrogen (secondary N) is 5. The van der Waals surface area contributed by atoms with Crippen LogP contribution in [0.4, 0.5) is 21.5 Å². The lowest BCUT2D eigenvalue weighted by molar-refractivity contribution is 0.407. The van der Waals surface area contributed by atoms with Crippen LogP contribution >= 0.6 is 57.2 Å². The fourth-order valence-electron chi connectivity index (χ4n) is 16.0. The third kappa shape index (κ3) is 20.9. The lowest BCUT2D eigenvalue weighted by atomic mass is 10.1. The predicted octanol–water partition coefficient (Wildman–Crippen LogP) is 19.1. The number of benzene rings is 8. The maximum absolute atomic E-state index is 13.9. The lowest BCUT2D eigenvalue weighted by Gasteiger charge is -2.37. The number of halogens is 3. The van der Waals surface area contributed by atoms with Gasteiger partial charge in [-0.2, -0.15) is 5.10 Å². The highest BCUT2D eigenvalue weighted by molar-refractivity contribution is 7.22. The number of oxazole rings is 1. The minimum Gasteiger partial charge on any atom is -0.436 e. The number of fused-ring (bicyclic) bond motifs is 8. The molecule has 10 aromatic heterocycles. The van der Waals surface area contributed by atoms with Gasteiger partial charge in [0.25, 0.3) is 0 Å². The molecule has 666 valence electrons. The van der Waals surface area contributed by atoms with Gasteiger partial charge in [0.05, 0.1) is 47.4 Å². The molecule has 18 aromatic rings. The van der Waals surface area contributed by atoms with Gasteiger partial charge >= 0.3 is 28.1 Å². The summed E-state index contributed by atoms with van der Waals surface area (Å²) in [4.78, 5) is 86.9. The summed E-state index contributed by atoms with van der Waals surface area (Å²) in [7, 11) is 1.83. The molecule has 13 heterocycles. The van der Waals surface area contributed by atoms with Crippen LogP contribution in [0.2, 0.25) is 10.0 Å². The first-order chi connectivity index (χ1) is 62.9. The van der Waals surface area contributed by atoms with Crippen molar-refractivity contribution < 1.29 is 30.9 Å².